The van der Waals surface area contributed by atoms with Gasteiger partial charge in [0, 0.05) is 18.4 Å². The Kier molecular flexibility index (Phi) is 3.49. The molecule has 1 aliphatic rings. The molecule has 1 aromatic carbocycles. The Morgan fingerprint density at radius 3 is 2.94 bits per heavy atom. The molecule has 1 aromatic rings. The van der Waals surface area contributed by atoms with Crippen molar-refractivity contribution in [1.82, 2.24) is 0 Å². The standard InChI is InChI=1S/C12H15NO4/c13-9-4-8(12(14)15)5-11(6-9)17-10-2-1-3-16-7-10/h4-6,10H,1-3,7,13H2,(H,14,15). The van der Waals surface area contributed by atoms with Gasteiger partial charge in [-0.15, -0.1) is 0 Å². The summed E-state index contributed by atoms with van der Waals surface area (Å²) in [6, 6.07) is 4.51. The third kappa shape index (κ3) is 3.10. The lowest BCUT2D eigenvalue weighted by atomic mass is 10.1. The number of carboxylic acids is 1. The molecular formula is C12H15NO4. The molecule has 0 spiro atoms. The van der Waals surface area contributed by atoms with Crippen LogP contribution in [0.4, 0.5) is 5.69 Å². The van der Waals surface area contributed by atoms with Crippen molar-refractivity contribution in [2.75, 3.05) is 18.9 Å². The zero-order valence-electron chi connectivity index (χ0n) is 9.39. The van der Waals surface area contributed by atoms with E-state index < -0.39 is 5.97 Å². The number of carboxylic acid groups (broad SMARTS) is 1. The maximum Gasteiger partial charge on any atom is 0.335 e. The van der Waals surface area contributed by atoms with Crippen LogP contribution in [0.3, 0.4) is 0 Å². The van der Waals surface area contributed by atoms with Crippen LogP contribution in [-0.2, 0) is 4.74 Å². The molecule has 1 unspecified atom stereocenters. The summed E-state index contributed by atoms with van der Waals surface area (Å²) >= 11 is 0. The van der Waals surface area contributed by atoms with Crippen molar-refractivity contribution in [1.29, 1.82) is 0 Å². The number of nitrogens with two attached hydrogens (primary N) is 1. The van der Waals surface area contributed by atoms with E-state index in [1.54, 1.807) is 6.07 Å². The minimum absolute atomic E-state index is 0.0211. The molecule has 0 aromatic heterocycles. The van der Waals surface area contributed by atoms with Crippen LogP contribution in [0.5, 0.6) is 5.75 Å². The number of rotatable bonds is 3. The highest BCUT2D eigenvalue weighted by Gasteiger charge is 2.16. The zero-order chi connectivity index (χ0) is 12.3. The monoisotopic (exact) mass is 237 g/mol. The number of hydrogen-bond acceptors (Lipinski definition) is 4. The van der Waals surface area contributed by atoms with Crippen LogP contribution >= 0.6 is 0 Å². The number of carbonyl (C=O) groups is 1. The van der Waals surface area contributed by atoms with Crippen molar-refractivity contribution in [2.45, 2.75) is 18.9 Å². The molecule has 2 rings (SSSR count). The van der Waals surface area contributed by atoms with Gasteiger partial charge in [-0.25, -0.2) is 4.79 Å². The van der Waals surface area contributed by atoms with E-state index in [4.69, 9.17) is 20.3 Å². The summed E-state index contributed by atoms with van der Waals surface area (Å²) in [6.07, 6.45) is 1.85. The molecule has 17 heavy (non-hydrogen) atoms. The Morgan fingerprint density at radius 2 is 2.29 bits per heavy atom. The zero-order valence-corrected chi connectivity index (χ0v) is 9.39. The van der Waals surface area contributed by atoms with Crippen molar-refractivity contribution in [3.05, 3.63) is 23.8 Å². The molecule has 0 saturated carbocycles. The fraction of sp³-hybridized carbons (Fsp3) is 0.417. The lowest BCUT2D eigenvalue weighted by Crippen LogP contribution is -2.28. The highest BCUT2D eigenvalue weighted by Crippen LogP contribution is 2.22. The molecule has 1 atom stereocenters. The van der Waals surface area contributed by atoms with Crippen molar-refractivity contribution in [2.24, 2.45) is 0 Å². The van der Waals surface area contributed by atoms with Crippen LogP contribution in [-0.4, -0.2) is 30.4 Å². The lowest BCUT2D eigenvalue weighted by Gasteiger charge is -2.23. The Bertz CT molecular complexity index is 413. The van der Waals surface area contributed by atoms with E-state index in [1.807, 2.05) is 0 Å². The second kappa shape index (κ2) is 5.05. The van der Waals surface area contributed by atoms with E-state index in [9.17, 15) is 4.79 Å². The fourth-order valence-corrected chi connectivity index (χ4v) is 1.81. The SMILES string of the molecule is Nc1cc(OC2CCCOC2)cc(C(=O)O)c1. The molecule has 3 N–H and O–H groups in total. The van der Waals surface area contributed by atoms with Crippen LogP contribution in [0.25, 0.3) is 0 Å². The number of nitrogen functional groups attached to an aromatic ring is 1. The Morgan fingerprint density at radius 1 is 1.47 bits per heavy atom. The fourth-order valence-electron chi connectivity index (χ4n) is 1.81. The van der Waals surface area contributed by atoms with Crippen LogP contribution in [0.1, 0.15) is 23.2 Å². The molecule has 0 radical (unpaired) electrons. The van der Waals surface area contributed by atoms with Gasteiger partial charge in [0.1, 0.15) is 11.9 Å². The molecule has 1 heterocycles. The number of ether oxygens (including phenoxy) is 2. The van der Waals surface area contributed by atoms with Gasteiger partial charge in [0.25, 0.3) is 0 Å². The maximum absolute atomic E-state index is 10.9. The summed E-state index contributed by atoms with van der Waals surface area (Å²) < 4.78 is 10.9. The molecule has 1 saturated heterocycles. The molecule has 1 aliphatic heterocycles. The molecule has 92 valence electrons. The Labute approximate surface area is 99.1 Å². The quantitative estimate of drug-likeness (QED) is 0.779. The Balaban J connectivity index is 2.11. The number of anilines is 1. The Hall–Kier alpha value is -1.75. The second-order valence-corrected chi connectivity index (χ2v) is 4.05. The summed E-state index contributed by atoms with van der Waals surface area (Å²) in [4.78, 5) is 10.9. The van der Waals surface area contributed by atoms with Gasteiger partial charge >= 0.3 is 5.97 Å². The normalized spacial score (nSPS) is 19.9. The lowest BCUT2D eigenvalue weighted by molar-refractivity contribution is 0.00740. The minimum atomic E-state index is -1.01. The number of aromatic carboxylic acids is 1. The predicted octanol–water partition coefficient (Wildman–Crippen LogP) is 1.52. The van der Waals surface area contributed by atoms with Gasteiger partial charge in [-0.1, -0.05) is 0 Å². The highest BCUT2D eigenvalue weighted by atomic mass is 16.5. The first-order chi connectivity index (χ1) is 8.15. The summed E-state index contributed by atoms with van der Waals surface area (Å²) in [7, 11) is 0. The van der Waals surface area contributed by atoms with E-state index in [0.29, 0.717) is 18.0 Å². The predicted molar refractivity (Wildman–Crippen MR) is 62.3 cm³/mol. The summed E-state index contributed by atoms with van der Waals surface area (Å²) in [5, 5.41) is 8.90. The largest absolute Gasteiger partial charge is 0.488 e. The number of benzene rings is 1. The first kappa shape index (κ1) is 11.7. The summed E-state index contributed by atoms with van der Waals surface area (Å²) in [5.41, 5.74) is 6.15. The van der Waals surface area contributed by atoms with E-state index in [0.717, 1.165) is 19.4 Å². The van der Waals surface area contributed by atoms with Crippen molar-refractivity contribution in [3.8, 4) is 5.75 Å². The third-order valence-electron chi connectivity index (χ3n) is 2.60. The van der Waals surface area contributed by atoms with Crippen molar-refractivity contribution < 1.29 is 19.4 Å². The topological polar surface area (TPSA) is 81.8 Å². The van der Waals surface area contributed by atoms with Gasteiger partial charge in [0.05, 0.1) is 12.2 Å². The summed E-state index contributed by atoms with van der Waals surface area (Å²) in [6.45, 7) is 1.30. The van der Waals surface area contributed by atoms with Gasteiger partial charge in [0.2, 0.25) is 0 Å². The van der Waals surface area contributed by atoms with Gasteiger partial charge < -0.3 is 20.3 Å². The molecular weight excluding hydrogens is 222 g/mol. The average Bonchev–Trinajstić information content (AvgIpc) is 2.29. The van der Waals surface area contributed by atoms with Crippen LogP contribution in [0.15, 0.2) is 18.2 Å². The minimum Gasteiger partial charge on any atom is -0.488 e. The van der Waals surface area contributed by atoms with Gasteiger partial charge in [0.15, 0.2) is 0 Å². The first-order valence-corrected chi connectivity index (χ1v) is 5.53. The van der Waals surface area contributed by atoms with Crippen molar-refractivity contribution >= 4 is 11.7 Å². The smallest absolute Gasteiger partial charge is 0.335 e. The third-order valence-corrected chi connectivity index (χ3v) is 2.60. The molecule has 1 fully saturated rings. The van der Waals surface area contributed by atoms with E-state index in [2.05, 4.69) is 0 Å². The molecule has 5 nitrogen and oxygen atoms in total. The summed E-state index contributed by atoms with van der Waals surface area (Å²) in [5.74, 6) is -0.528. The van der Waals surface area contributed by atoms with Crippen LogP contribution in [0, 0.1) is 0 Å². The van der Waals surface area contributed by atoms with Crippen LogP contribution in [0.2, 0.25) is 0 Å². The van der Waals surface area contributed by atoms with Gasteiger partial charge in [-0.2, -0.15) is 0 Å². The van der Waals surface area contributed by atoms with E-state index in [1.165, 1.54) is 12.1 Å². The average molecular weight is 237 g/mol. The van der Waals surface area contributed by atoms with Gasteiger partial charge in [-0.05, 0) is 25.0 Å². The molecule has 0 amide bonds. The first-order valence-electron chi connectivity index (χ1n) is 5.53. The van der Waals surface area contributed by atoms with Gasteiger partial charge in [-0.3, -0.25) is 0 Å². The molecule has 0 aliphatic carbocycles. The maximum atomic E-state index is 10.9. The molecule has 5 heteroatoms. The molecule has 0 bridgehead atoms. The highest BCUT2D eigenvalue weighted by molar-refractivity contribution is 5.89. The number of hydrogen-bond donors (Lipinski definition) is 2. The van der Waals surface area contributed by atoms with E-state index >= 15 is 0 Å². The second-order valence-electron chi connectivity index (χ2n) is 4.05. The van der Waals surface area contributed by atoms with Crippen molar-refractivity contribution in [3.63, 3.8) is 0 Å². The van der Waals surface area contributed by atoms with E-state index in [-0.39, 0.29) is 11.7 Å². The van der Waals surface area contributed by atoms with Crippen LogP contribution < -0.4 is 10.5 Å².